The largest absolute Gasteiger partial charge is 0.358 e. The minimum atomic E-state index is -0.241. The highest BCUT2D eigenvalue weighted by Crippen LogP contribution is 2.22. The van der Waals surface area contributed by atoms with Crippen LogP contribution in [0.2, 0.25) is 0 Å². The van der Waals surface area contributed by atoms with Crippen molar-refractivity contribution in [3.05, 3.63) is 71.2 Å². The SMILES string of the molecule is Cc1[nH]c2ccccc2c1C(=O)CN(C)Cc1ccccc1F. The van der Waals surface area contributed by atoms with Crippen LogP contribution in [-0.2, 0) is 6.54 Å². The van der Waals surface area contributed by atoms with Crippen molar-refractivity contribution in [1.82, 2.24) is 9.88 Å². The summed E-state index contributed by atoms with van der Waals surface area (Å²) in [6.07, 6.45) is 0. The summed E-state index contributed by atoms with van der Waals surface area (Å²) in [6, 6.07) is 14.4. The minimum Gasteiger partial charge on any atom is -0.358 e. The van der Waals surface area contributed by atoms with Crippen molar-refractivity contribution < 1.29 is 9.18 Å². The summed E-state index contributed by atoms with van der Waals surface area (Å²) >= 11 is 0. The molecule has 2 aromatic carbocycles. The number of benzene rings is 2. The second-order valence-electron chi connectivity index (χ2n) is 5.86. The number of likely N-dealkylation sites (N-methyl/N-ethyl adjacent to an activating group) is 1. The summed E-state index contributed by atoms with van der Waals surface area (Å²) in [4.78, 5) is 17.7. The fourth-order valence-corrected chi connectivity index (χ4v) is 2.93. The first-order valence-electron chi connectivity index (χ1n) is 7.58. The topological polar surface area (TPSA) is 36.1 Å². The number of aryl methyl sites for hydroxylation is 1. The Morgan fingerprint density at radius 2 is 1.83 bits per heavy atom. The van der Waals surface area contributed by atoms with Gasteiger partial charge in [0.25, 0.3) is 0 Å². The molecule has 118 valence electrons. The maximum Gasteiger partial charge on any atom is 0.179 e. The third-order valence-corrected chi connectivity index (χ3v) is 3.98. The Morgan fingerprint density at radius 3 is 2.61 bits per heavy atom. The van der Waals surface area contributed by atoms with Gasteiger partial charge in [0, 0.05) is 34.3 Å². The molecule has 0 fully saturated rings. The van der Waals surface area contributed by atoms with E-state index in [4.69, 9.17) is 0 Å². The number of aromatic nitrogens is 1. The minimum absolute atomic E-state index is 0.0405. The molecule has 0 amide bonds. The van der Waals surface area contributed by atoms with E-state index in [-0.39, 0.29) is 18.1 Å². The molecular weight excluding hydrogens is 291 g/mol. The normalized spacial score (nSPS) is 11.3. The highest BCUT2D eigenvalue weighted by Gasteiger charge is 2.17. The molecule has 3 rings (SSSR count). The first-order chi connectivity index (χ1) is 11.1. The van der Waals surface area contributed by atoms with Crippen molar-refractivity contribution in [3.63, 3.8) is 0 Å². The van der Waals surface area contributed by atoms with E-state index < -0.39 is 0 Å². The van der Waals surface area contributed by atoms with E-state index >= 15 is 0 Å². The molecule has 0 unspecified atom stereocenters. The van der Waals surface area contributed by atoms with Gasteiger partial charge in [-0.05, 0) is 26.1 Å². The Labute approximate surface area is 134 Å². The van der Waals surface area contributed by atoms with Crippen LogP contribution in [0.1, 0.15) is 21.6 Å². The molecule has 1 heterocycles. The Bertz CT molecular complexity index is 853. The zero-order chi connectivity index (χ0) is 16.4. The summed E-state index contributed by atoms with van der Waals surface area (Å²) in [5.41, 5.74) is 3.15. The number of para-hydroxylation sites is 1. The first kappa shape index (κ1) is 15.4. The standard InChI is InChI=1S/C19H19FN2O/c1-13-19(15-8-4-6-10-17(15)21-13)18(23)12-22(2)11-14-7-3-5-9-16(14)20/h3-10,21H,11-12H2,1-2H3. The number of nitrogens with one attached hydrogen (secondary N) is 1. The van der Waals surface area contributed by atoms with Gasteiger partial charge in [0.05, 0.1) is 6.54 Å². The molecule has 3 aromatic rings. The van der Waals surface area contributed by atoms with Crippen LogP contribution in [0.5, 0.6) is 0 Å². The number of carbonyl (C=O) groups is 1. The fraction of sp³-hybridized carbons (Fsp3) is 0.211. The summed E-state index contributed by atoms with van der Waals surface area (Å²) in [6.45, 7) is 2.56. The van der Waals surface area contributed by atoms with E-state index in [0.717, 1.165) is 22.2 Å². The molecule has 0 radical (unpaired) electrons. The molecule has 0 aliphatic rings. The summed E-state index contributed by atoms with van der Waals surface area (Å²) in [5.74, 6) is -0.200. The van der Waals surface area contributed by atoms with E-state index in [1.54, 1.807) is 18.2 Å². The summed E-state index contributed by atoms with van der Waals surface area (Å²) in [5, 5.41) is 0.939. The van der Waals surface area contributed by atoms with E-state index in [1.807, 2.05) is 43.1 Å². The lowest BCUT2D eigenvalue weighted by Gasteiger charge is -2.16. The van der Waals surface area contributed by atoms with Gasteiger partial charge < -0.3 is 4.98 Å². The number of aromatic amines is 1. The molecule has 0 aliphatic carbocycles. The molecular formula is C19H19FN2O. The molecule has 3 nitrogen and oxygen atoms in total. The Hall–Kier alpha value is -2.46. The van der Waals surface area contributed by atoms with E-state index in [0.29, 0.717) is 12.1 Å². The highest BCUT2D eigenvalue weighted by atomic mass is 19.1. The summed E-state index contributed by atoms with van der Waals surface area (Å²) < 4.78 is 13.7. The zero-order valence-corrected chi connectivity index (χ0v) is 13.3. The maximum atomic E-state index is 13.7. The number of nitrogens with zero attached hydrogens (tertiary/aromatic N) is 1. The second-order valence-corrected chi connectivity index (χ2v) is 5.86. The van der Waals surface area contributed by atoms with Gasteiger partial charge in [-0.3, -0.25) is 9.69 Å². The molecule has 4 heteroatoms. The van der Waals surface area contributed by atoms with Crippen molar-refractivity contribution >= 4 is 16.7 Å². The van der Waals surface area contributed by atoms with Crippen LogP contribution in [0.4, 0.5) is 4.39 Å². The van der Waals surface area contributed by atoms with Gasteiger partial charge in [-0.25, -0.2) is 4.39 Å². The predicted molar refractivity (Wildman–Crippen MR) is 90.1 cm³/mol. The average Bonchev–Trinajstić information content (AvgIpc) is 2.85. The van der Waals surface area contributed by atoms with Gasteiger partial charge in [0.2, 0.25) is 0 Å². The van der Waals surface area contributed by atoms with Crippen LogP contribution >= 0.6 is 0 Å². The van der Waals surface area contributed by atoms with Crippen molar-refractivity contribution in [3.8, 4) is 0 Å². The number of hydrogen-bond acceptors (Lipinski definition) is 2. The van der Waals surface area contributed by atoms with E-state index in [2.05, 4.69) is 4.98 Å². The molecule has 0 saturated carbocycles. The van der Waals surface area contributed by atoms with Crippen molar-refractivity contribution in [1.29, 1.82) is 0 Å². The summed E-state index contributed by atoms with van der Waals surface area (Å²) in [7, 11) is 1.83. The predicted octanol–water partition coefficient (Wildman–Crippen LogP) is 3.93. The quantitative estimate of drug-likeness (QED) is 0.725. The van der Waals surface area contributed by atoms with Crippen LogP contribution in [0, 0.1) is 12.7 Å². The Balaban J connectivity index is 1.78. The number of ketones is 1. The van der Waals surface area contributed by atoms with Crippen LogP contribution in [-0.4, -0.2) is 29.3 Å². The van der Waals surface area contributed by atoms with Gasteiger partial charge in [0.1, 0.15) is 5.82 Å². The molecule has 0 bridgehead atoms. The number of Topliss-reactive ketones (excluding diaryl/α,β-unsaturated/α-hetero) is 1. The third kappa shape index (κ3) is 3.17. The average molecular weight is 310 g/mol. The zero-order valence-electron chi connectivity index (χ0n) is 13.3. The molecule has 1 N–H and O–H groups in total. The lowest BCUT2D eigenvalue weighted by Crippen LogP contribution is -2.26. The monoisotopic (exact) mass is 310 g/mol. The third-order valence-electron chi connectivity index (χ3n) is 3.98. The van der Waals surface area contributed by atoms with Gasteiger partial charge in [-0.2, -0.15) is 0 Å². The van der Waals surface area contributed by atoms with Crippen molar-refractivity contribution in [2.24, 2.45) is 0 Å². The van der Waals surface area contributed by atoms with Crippen molar-refractivity contribution in [2.45, 2.75) is 13.5 Å². The van der Waals surface area contributed by atoms with Crippen molar-refractivity contribution in [2.75, 3.05) is 13.6 Å². The Kier molecular flexibility index (Phi) is 4.26. The van der Waals surface area contributed by atoms with Gasteiger partial charge in [-0.15, -0.1) is 0 Å². The number of hydrogen-bond donors (Lipinski definition) is 1. The van der Waals surface area contributed by atoms with Crippen LogP contribution in [0.25, 0.3) is 10.9 Å². The lowest BCUT2D eigenvalue weighted by molar-refractivity contribution is 0.0943. The number of carbonyl (C=O) groups excluding carboxylic acids is 1. The smallest absolute Gasteiger partial charge is 0.179 e. The van der Waals surface area contributed by atoms with Crippen LogP contribution in [0.15, 0.2) is 48.5 Å². The van der Waals surface area contributed by atoms with Gasteiger partial charge in [-0.1, -0.05) is 36.4 Å². The van der Waals surface area contributed by atoms with Gasteiger partial charge >= 0.3 is 0 Å². The number of fused-ring (bicyclic) bond motifs is 1. The molecule has 0 spiro atoms. The molecule has 0 aliphatic heterocycles. The number of rotatable bonds is 5. The van der Waals surface area contributed by atoms with Crippen LogP contribution in [0.3, 0.4) is 0 Å². The first-order valence-corrected chi connectivity index (χ1v) is 7.58. The fourth-order valence-electron chi connectivity index (χ4n) is 2.93. The van der Waals surface area contributed by atoms with Crippen LogP contribution < -0.4 is 0 Å². The second kappa shape index (κ2) is 6.34. The Morgan fingerprint density at radius 1 is 1.13 bits per heavy atom. The lowest BCUT2D eigenvalue weighted by atomic mass is 10.1. The van der Waals surface area contributed by atoms with E-state index in [9.17, 15) is 9.18 Å². The molecule has 1 aromatic heterocycles. The molecule has 23 heavy (non-hydrogen) atoms. The molecule has 0 saturated heterocycles. The highest BCUT2D eigenvalue weighted by molar-refractivity contribution is 6.10. The number of H-pyrrole nitrogens is 1. The van der Waals surface area contributed by atoms with Gasteiger partial charge in [0.15, 0.2) is 5.78 Å². The van der Waals surface area contributed by atoms with E-state index in [1.165, 1.54) is 6.07 Å². The molecule has 0 atom stereocenters. The number of halogens is 1. The maximum absolute atomic E-state index is 13.7.